The van der Waals surface area contributed by atoms with Gasteiger partial charge in [-0.25, -0.2) is 4.98 Å². The Kier molecular flexibility index (Phi) is 6.52. The van der Waals surface area contributed by atoms with Crippen LogP contribution in [-0.2, 0) is 28.9 Å². The minimum absolute atomic E-state index is 0.154. The van der Waals surface area contributed by atoms with E-state index in [-0.39, 0.29) is 17.8 Å². The van der Waals surface area contributed by atoms with Crippen LogP contribution < -0.4 is 11.1 Å². The molecular formula is C24H26N4O3S2. The Hall–Kier alpha value is -2.62. The summed E-state index contributed by atoms with van der Waals surface area (Å²) in [7, 11) is 0. The van der Waals surface area contributed by atoms with E-state index < -0.39 is 5.91 Å². The topological polar surface area (TPSA) is 99.2 Å². The van der Waals surface area contributed by atoms with Crippen LogP contribution in [0.2, 0.25) is 0 Å². The van der Waals surface area contributed by atoms with Gasteiger partial charge in [0.05, 0.1) is 35.9 Å². The third-order valence-corrected chi connectivity index (χ3v) is 8.25. The average molecular weight is 483 g/mol. The van der Waals surface area contributed by atoms with Crippen molar-refractivity contribution in [2.45, 2.75) is 49.9 Å². The second kappa shape index (κ2) is 9.70. The van der Waals surface area contributed by atoms with Crippen LogP contribution in [0.3, 0.4) is 0 Å². The fourth-order valence-electron chi connectivity index (χ4n) is 4.53. The second-order valence-corrected chi connectivity index (χ2v) is 10.3. The molecule has 0 spiro atoms. The summed E-state index contributed by atoms with van der Waals surface area (Å²) in [6.07, 6.45) is 6.92. The Morgan fingerprint density at radius 1 is 1.24 bits per heavy atom. The van der Waals surface area contributed by atoms with Gasteiger partial charge in [-0.15, -0.1) is 11.3 Å². The number of benzene rings is 1. The van der Waals surface area contributed by atoms with E-state index in [0.717, 1.165) is 65.6 Å². The van der Waals surface area contributed by atoms with Crippen molar-refractivity contribution < 1.29 is 14.3 Å². The number of thioether (sulfide) groups is 1. The summed E-state index contributed by atoms with van der Waals surface area (Å²) in [6, 6.07) is 10.1. The monoisotopic (exact) mass is 482 g/mol. The Morgan fingerprint density at radius 3 is 2.85 bits per heavy atom. The highest BCUT2D eigenvalue weighted by Gasteiger charge is 2.26. The molecule has 33 heavy (non-hydrogen) atoms. The van der Waals surface area contributed by atoms with Crippen LogP contribution in [0, 0.1) is 0 Å². The number of nitrogens with two attached hydrogens (primary N) is 1. The first-order chi connectivity index (χ1) is 16.1. The molecule has 0 radical (unpaired) electrons. The van der Waals surface area contributed by atoms with Crippen LogP contribution >= 0.6 is 23.1 Å². The number of imidazole rings is 1. The fourth-order valence-corrected chi connectivity index (χ4v) is 6.63. The third kappa shape index (κ3) is 4.71. The number of nitrogens with zero attached hydrogens (tertiary/aromatic N) is 2. The molecule has 1 aromatic carbocycles. The molecule has 1 fully saturated rings. The molecule has 7 nitrogen and oxygen atoms in total. The summed E-state index contributed by atoms with van der Waals surface area (Å²) < 4.78 is 8.01. The first-order valence-electron chi connectivity index (χ1n) is 11.2. The molecule has 172 valence electrons. The Morgan fingerprint density at radius 2 is 2.09 bits per heavy atom. The number of rotatable bonds is 8. The molecule has 2 amide bonds. The molecule has 1 atom stereocenters. The average Bonchev–Trinajstić information content (AvgIpc) is 3.58. The van der Waals surface area contributed by atoms with E-state index in [4.69, 9.17) is 10.5 Å². The number of amides is 2. The van der Waals surface area contributed by atoms with Crippen molar-refractivity contribution in [1.82, 2.24) is 9.55 Å². The van der Waals surface area contributed by atoms with Gasteiger partial charge in [0.15, 0.2) is 5.16 Å². The summed E-state index contributed by atoms with van der Waals surface area (Å²) in [4.78, 5) is 30.6. The summed E-state index contributed by atoms with van der Waals surface area (Å²) in [5, 5.41) is 4.27. The molecule has 3 N–H and O–H groups in total. The molecule has 1 unspecified atom stereocenters. The SMILES string of the molecule is NC(=O)c1c(NC(=O)CSc2ncc(-c3ccccc3)n2CC2CCCO2)sc2c1CCC2. The van der Waals surface area contributed by atoms with Crippen LogP contribution in [0.15, 0.2) is 41.7 Å². The van der Waals surface area contributed by atoms with E-state index in [2.05, 4.69) is 27.0 Å². The molecule has 1 aliphatic carbocycles. The van der Waals surface area contributed by atoms with Gasteiger partial charge in [-0.2, -0.15) is 0 Å². The molecule has 1 saturated heterocycles. The van der Waals surface area contributed by atoms with Gasteiger partial charge in [0.1, 0.15) is 5.00 Å². The number of hydrogen-bond acceptors (Lipinski definition) is 6. The van der Waals surface area contributed by atoms with Crippen molar-refractivity contribution in [1.29, 1.82) is 0 Å². The van der Waals surface area contributed by atoms with Crippen molar-refractivity contribution in [3.8, 4) is 11.3 Å². The zero-order valence-electron chi connectivity index (χ0n) is 18.2. The quantitative estimate of drug-likeness (QED) is 0.471. The van der Waals surface area contributed by atoms with E-state index in [1.807, 2.05) is 24.4 Å². The summed E-state index contributed by atoms with van der Waals surface area (Å²) in [5.74, 6) is -0.454. The van der Waals surface area contributed by atoms with Gasteiger partial charge in [0.25, 0.3) is 5.91 Å². The zero-order chi connectivity index (χ0) is 22.8. The van der Waals surface area contributed by atoms with Crippen molar-refractivity contribution in [2.75, 3.05) is 17.7 Å². The maximum Gasteiger partial charge on any atom is 0.251 e. The number of carbonyl (C=O) groups excluding carboxylic acids is 2. The van der Waals surface area contributed by atoms with E-state index in [1.54, 1.807) is 0 Å². The van der Waals surface area contributed by atoms with E-state index >= 15 is 0 Å². The number of aromatic nitrogens is 2. The van der Waals surface area contributed by atoms with Gasteiger partial charge >= 0.3 is 0 Å². The fraction of sp³-hybridized carbons (Fsp3) is 0.375. The van der Waals surface area contributed by atoms with Crippen LogP contribution in [0.4, 0.5) is 5.00 Å². The zero-order valence-corrected chi connectivity index (χ0v) is 19.8. The normalized spacial score (nSPS) is 17.3. The lowest BCUT2D eigenvalue weighted by atomic mass is 10.1. The van der Waals surface area contributed by atoms with E-state index in [0.29, 0.717) is 17.1 Å². The Balaban J connectivity index is 1.32. The Bertz CT molecular complexity index is 1170. The molecule has 0 saturated carbocycles. The molecule has 3 heterocycles. The predicted octanol–water partition coefficient (Wildman–Crippen LogP) is 4.11. The molecular weight excluding hydrogens is 456 g/mol. The number of anilines is 1. The lowest BCUT2D eigenvalue weighted by Gasteiger charge is -2.16. The van der Waals surface area contributed by atoms with Gasteiger partial charge < -0.3 is 20.4 Å². The van der Waals surface area contributed by atoms with Crippen molar-refractivity contribution in [2.24, 2.45) is 5.73 Å². The van der Waals surface area contributed by atoms with Gasteiger partial charge in [-0.1, -0.05) is 42.1 Å². The molecule has 1 aliphatic heterocycles. The minimum atomic E-state index is -0.475. The van der Waals surface area contributed by atoms with Crippen molar-refractivity contribution in [3.05, 3.63) is 52.5 Å². The molecule has 0 bridgehead atoms. The van der Waals surface area contributed by atoms with Gasteiger partial charge in [0.2, 0.25) is 5.91 Å². The maximum atomic E-state index is 12.8. The molecule has 2 aliphatic rings. The van der Waals surface area contributed by atoms with Crippen LogP contribution in [0.5, 0.6) is 0 Å². The number of thiophene rings is 1. The van der Waals surface area contributed by atoms with Crippen LogP contribution in [0.1, 0.15) is 40.1 Å². The number of primary amides is 1. The molecule has 2 aromatic heterocycles. The number of aryl methyl sites for hydroxylation is 1. The van der Waals surface area contributed by atoms with Crippen LogP contribution in [-0.4, -0.2) is 39.8 Å². The summed E-state index contributed by atoms with van der Waals surface area (Å²) in [5.41, 5.74) is 9.20. The number of nitrogens with one attached hydrogen (secondary N) is 1. The first kappa shape index (κ1) is 22.2. The second-order valence-electron chi connectivity index (χ2n) is 8.30. The highest BCUT2D eigenvalue weighted by molar-refractivity contribution is 7.99. The Labute approximate surface area is 200 Å². The lowest BCUT2D eigenvalue weighted by molar-refractivity contribution is -0.113. The van der Waals surface area contributed by atoms with Crippen LogP contribution in [0.25, 0.3) is 11.3 Å². The maximum absolute atomic E-state index is 12.8. The number of hydrogen-bond donors (Lipinski definition) is 2. The van der Waals surface area contributed by atoms with Gasteiger partial charge in [-0.3, -0.25) is 9.59 Å². The smallest absolute Gasteiger partial charge is 0.251 e. The number of fused-ring (bicyclic) bond motifs is 1. The lowest BCUT2D eigenvalue weighted by Crippen LogP contribution is -2.20. The van der Waals surface area contributed by atoms with Gasteiger partial charge in [0, 0.05) is 11.5 Å². The summed E-state index contributed by atoms with van der Waals surface area (Å²) in [6.45, 7) is 1.50. The van der Waals surface area contributed by atoms with Gasteiger partial charge in [-0.05, 0) is 43.2 Å². The highest BCUT2D eigenvalue weighted by Crippen LogP contribution is 2.39. The predicted molar refractivity (Wildman–Crippen MR) is 131 cm³/mol. The van der Waals surface area contributed by atoms with E-state index in [1.165, 1.54) is 23.1 Å². The number of ether oxygens (including phenoxy) is 1. The first-order valence-corrected chi connectivity index (χ1v) is 13.0. The minimum Gasteiger partial charge on any atom is -0.376 e. The molecule has 3 aromatic rings. The molecule has 9 heteroatoms. The number of carbonyl (C=O) groups is 2. The summed E-state index contributed by atoms with van der Waals surface area (Å²) >= 11 is 2.86. The van der Waals surface area contributed by atoms with E-state index in [9.17, 15) is 9.59 Å². The van der Waals surface area contributed by atoms with Crippen molar-refractivity contribution >= 4 is 39.9 Å². The third-order valence-electron chi connectivity index (χ3n) is 6.05. The van der Waals surface area contributed by atoms with Crippen molar-refractivity contribution in [3.63, 3.8) is 0 Å². The standard InChI is InChI=1S/C24H26N4O3S2/c25-22(30)21-17-9-4-10-19(17)33-23(21)27-20(29)14-32-24-26-12-18(15-6-2-1-3-7-15)28(24)13-16-8-5-11-31-16/h1-3,6-7,12,16H,4-5,8-11,13-14H2,(H2,25,30)(H,27,29). The largest absolute Gasteiger partial charge is 0.376 e. The molecule has 5 rings (SSSR count). The highest BCUT2D eigenvalue weighted by atomic mass is 32.2.